The third-order valence-electron chi connectivity index (χ3n) is 13.1. The molecule has 0 aliphatic heterocycles. The number of pyridine rings is 1. The fourth-order valence-electron chi connectivity index (χ4n) is 8.25. The number of amides is 2. The lowest BCUT2D eigenvalue weighted by molar-refractivity contribution is -0.128. The Morgan fingerprint density at radius 1 is 1.05 bits per heavy atom. The quantitative estimate of drug-likeness (QED) is 0.103. The van der Waals surface area contributed by atoms with Gasteiger partial charge in [0.15, 0.2) is 0 Å². The molecule has 0 radical (unpaired) electrons. The highest BCUT2D eigenvalue weighted by atomic mass is 35.5. The van der Waals surface area contributed by atoms with Gasteiger partial charge in [0, 0.05) is 67.8 Å². The zero-order valence-electron chi connectivity index (χ0n) is 38.5. The Kier molecular flexibility index (Phi) is 17.5. The van der Waals surface area contributed by atoms with Gasteiger partial charge in [-0.15, -0.1) is 0 Å². The van der Waals surface area contributed by atoms with Gasteiger partial charge in [-0.3, -0.25) is 23.9 Å². The first-order valence-corrected chi connectivity index (χ1v) is 22.3. The SMILES string of the molecule is CC[C@@H](C)CCC(CC)(CC)NC(=O)C(C)C(C)CCO.CN=c1n(C)cc(C(=O)Nc2cccc(-c3cccc(-c4cc5c(c(OC)n4)[C@H](C)CC5)c3Cl)c2C)c(=O)n1C. The van der Waals surface area contributed by atoms with Crippen molar-refractivity contribution in [2.45, 2.75) is 118 Å². The Morgan fingerprint density at radius 3 is 2.33 bits per heavy atom. The summed E-state index contributed by atoms with van der Waals surface area (Å²) in [5.74, 6) is 1.60. The number of methoxy groups -OCH3 is 1. The minimum absolute atomic E-state index is 0.0215. The van der Waals surface area contributed by atoms with Crippen LogP contribution in [0.2, 0.25) is 5.02 Å². The Labute approximate surface area is 368 Å². The molecule has 1 aliphatic rings. The number of carbonyl (C=O) groups excluding carboxylic acids is 2. The van der Waals surface area contributed by atoms with Gasteiger partial charge in [0.1, 0.15) is 5.56 Å². The number of nitrogens with one attached hydrogen (secondary N) is 2. The Balaban J connectivity index is 0.000000332. The molecule has 11 nitrogen and oxygen atoms in total. The standard InChI is InChI=1S/C31H32ClN5O3.C18H37NO2/c1-17-13-14-19-15-25(35-29(40-6)26(17)19)22-11-7-10-21(27(22)32)20-9-8-12-24(18(20)2)34-28(38)23-16-36(4)31(33-3)37(5)30(23)39;1-7-14(4)10-12-18(8-2,9-3)19-17(21)16(6)15(5)11-13-20/h7-12,15-17H,13-14H2,1-6H3,(H,34,38);14-16,20H,7-13H2,1-6H3,(H,19,21)/t17-;14-,15?,16?/m11/s1. The van der Waals surface area contributed by atoms with Crippen molar-refractivity contribution in [3.8, 4) is 28.3 Å². The molecular weight excluding hydrogens is 788 g/mol. The second-order valence-electron chi connectivity index (χ2n) is 17.0. The van der Waals surface area contributed by atoms with Gasteiger partial charge in [-0.2, -0.15) is 0 Å². The van der Waals surface area contributed by atoms with Gasteiger partial charge >= 0.3 is 0 Å². The van der Waals surface area contributed by atoms with E-state index >= 15 is 0 Å². The lowest BCUT2D eigenvalue weighted by Gasteiger charge is -2.36. The Morgan fingerprint density at radius 2 is 1.70 bits per heavy atom. The van der Waals surface area contributed by atoms with Gasteiger partial charge in [-0.05, 0) is 98.4 Å². The predicted octanol–water partition coefficient (Wildman–Crippen LogP) is 9.40. The largest absolute Gasteiger partial charge is 0.481 e. The van der Waals surface area contributed by atoms with Crippen molar-refractivity contribution in [3.63, 3.8) is 0 Å². The first kappa shape index (κ1) is 48.9. The van der Waals surface area contributed by atoms with Crippen LogP contribution in [0.4, 0.5) is 5.69 Å². The number of nitrogens with zero attached hydrogens (tertiary/aromatic N) is 4. The first-order chi connectivity index (χ1) is 29.0. The minimum atomic E-state index is -0.498. The zero-order chi connectivity index (χ0) is 45.2. The number of hydrogen-bond donors (Lipinski definition) is 3. The van der Waals surface area contributed by atoms with Crippen molar-refractivity contribution >= 4 is 29.1 Å². The van der Waals surface area contributed by atoms with Crippen LogP contribution in [0, 0.1) is 24.7 Å². The van der Waals surface area contributed by atoms with E-state index in [0.717, 1.165) is 60.1 Å². The molecule has 4 aromatic rings. The number of fused-ring (bicyclic) bond motifs is 1. The minimum Gasteiger partial charge on any atom is -0.481 e. The molecule has 0 fully saturated rings. The van der Waals surface area contributed by atoms with Crippen molar-refractivity contribution in [2.75, 3.05) is 26.1 Å². The molecule has 0 saturated carbocycles. The molecule has 12 heteroatoms. The molecule has 332 valence electrons. The van der Waals surface area contributed by atoms with E-state index in [-0.39, 0.29) is 35.5 Å². The number of benzene rings is 2. The number of carbonyl (C=O) groups is 2. The summed E-state index contributed by atoms with van der Waals surface area (Å²) in [6, 6.07) is 13.6. The highest BCUT2D eigenvalue weighted by molar-refractivity contribution is 6.36. The van der Waals surface area contributed by atoms with Crippen molar-refractivity contribution in [1.29, 1.82) is 0 Å². The van der Waals surface area contributed by atoms with Crippen molar-refractivity contribution in [2.24, 2.45) is 36.8 Å². The predicted molar refractivity (Wildman–Crippen MR) is 248 cm³/mol. The third-order valence-corrected chi connectivity index (χ3v) is 13.5. The lowest BCUT2D eigenvalue weighted by Crippen LogP contribution is -2.50. The normalized spacial score (nSPS) is 15.3. The van der Waals surface area contributed by atoms with Crippen molar-refractivity contribution in [3.05, 3.63) is 91.9 Å². The van der Waals surface area contributed by atoms with Crippen LogP contribution < -0.4 is 26.5 Å². The highest BCUT2D eigenvalue weighted by Crippen LogP contribution is 2.43. The van der Waals surface area contributed by atoms with Crippen LogP contribution in [0.1, 0.15) is 126 Å². The monoisotopic (exact) mass is 857 g/mol. The molecule has 2 aromatic heterocycles. The van der Waals surface area contributed by atoms with Crippen LogP contribution >= 0.6 is 11.6 Å². The molecule has 2 aromatic carbocycles. The molecule has 0 spiro atoms. The number of ether oxygens (including phenoxy) is 1. The lowest BCUT2D eigenvalue weighted by atomic mass is 9.83. The number of aryl methyl sites for hydroxylation is 2. The molecule has 4 atom stereocenters. The van der Waals surface area contributed by atoms with Gasteiger partial charge < -0.3 is 25.0 Å². The number of aliphatic hydroxyl groups is 1. The maximum atomic E-state index is 13.2. The maximum absolute atomic E-state index is 13.2. The van der Waals surface area contributed by atoms with E-state index in [4.69, 9.17) is 26.4 Å². The molecule has 5 rings (SSSR count). The molecule has 0 saturated heterocycles. The van der Waals surface area contributed by atoms with Gasteiger partial charge in [0.25, 0.3) is 11.5 Å². The van der Waals surface area contributed by atoms with Crippen LogP contribution in [-0.2, 0) is 25.3 Å². The molecule has 61 heavy (non-hydrogen) atoms. The van der Waals surface area contributed by atoms with Crippen LogP contribution in [0.25, 0.3) is 22.4 Å². The molecule has 0 bridgehead atoms. The van der Waals surface area contributed by atoms with E-state index in [2.05, 4.69) is 56.3 Å². The number of aromatic nitrogens is 3. The number of halogens is 1. The second kappa shape index (κ2) is 21.9. The topological polar surface area (TPSA) is 140 Å². The number of hydrogen-bond acceptors (Lipinski definition) is 7. The van der Waals surface area contributed by atoms with Crippen LogP contribution in [0.3, 0.4) is 0 Å². The van der Waals surface area contributed by atoms with Crippen molar-refractivity contribution in [1.82, 2.24) is 19.4 Å². The van der Waals surface area contributed by atoms with Gasteiger partial charge in [0.2, 0.25) is 17.4 Å². The second-order valence-corrected chi connectivity index (χ2v) is 17.4. The molecule has 1 aliphatic carbocycles. The summed E-state index contributed by atoms with van der Waals surface area (Å²) in [6.45, 7) is 17.1. The molecule has 2 heterocycles. The number of rotatable bonds is 16. The average molecular weight is 858 g/mol. The summed E-state index contributed by atoms with van der Waals surface area (Å²) >= 11 is 7.04. The summed E-state index contributed by atoms with van der Waals surface area (Å²) in [4.78, 5) is 47.5. The van der Waals surface area contributed by atoms with E-state index < -0.39 is 11.5 Å². The molecule has 2 unspecified atom stereocenters. The van der Waals surface area contributed by atoms with Gasteiger partial charge in [-0.25, -0.2) is 4.98 Å². The van der Waals surface area contributed by atoms with Gasteiger partial charge in [-0.1, -0.05) is 96.8 Å². The fourth-order valence-corrected chi connectivity index (χ4v) is 8.58. The summed E-state index contributed by atoms with van der Waals surface area (Å²) in [7, 11) is 6.59. The van der Waals surface area contributed by atoms with E-state index in [1.807, 2.05) is 57.2 Å². The van der Waals surface area contributed by atoms with E-state index in [1.165, 1.54) is 34.7 Å². The smallest absolute Gasteiger partial charge is 0.267 e. The van der Waals surface area contributed by atoms with E-state index in [1.54, 1.807) is 32.8 Å². The Bertz CT molecular complexity index is 2290. The average Bonchev–Trinajstić information content (AvgIpc) is 3.64. The zero-order valence-corrected chi connectivity index (χ0v) is 39.3. The van der Waals surface area contributed by atoms with E-state index in [0.29, 0.717) is 40.5 Å². The molecular formula is C49H69ClN6O5. The summed E-state index contributed by atoms with van der Waals surface area (Å²) in [5, 5.41) is 15.8. The fraction of sp³-hybridized carbons (Fsp3) is 0.531. The van der Waals surface area contributed by atoms with Gasteiger partial charge in [0.05, 0.1) is 17.8 Å². The summed E-state index contributed by atoms with van der Waals surface area (Å²) < 4.78 is 8.66. The Hall–Kier alpha value is -4.74. The van der Waals surface area contributed by atoms with Crippen LogP contribution in [0.5, 0.6) is 5.88 Å². The molecule has 3 N–H and O–H groups in total. The molecule has 2 amide bonds. The first-order valence-electron chi connectivity index (χ1n) is 21.9. The summed E-state index contributed by atoms with van der Waals surface area (Å²) in [5.41, 5.74) is 7.10. The van der Waals surface area contributed by atoms with Crippen LogP contribution in [0.15, 0.2) is 58.4 Å². The number of anilines is 1. The highest BCUT2D eigenvalue weighted by Gasteiger charge is 2.31. The van der Waals surface area contributed by atoms with Crippen LogP contribution in [-0.4, -0.2) is 57.3 Å². The van der Waals surface area contributed by atoms with E-state index in [9.17, 15) is 14.4 Å². The summed E-state index contributed by atoms with van der Waals surface area (Å²) in [6.07, 6.45) is 9.62. The number of aliphatic hydroxyl groups excluding tert-OH is 1. The van der Waals surface area contributed by atoms with Crippen molar-refractivity contribution < 1.29 is 19.4 Å². The maximum Gasteiger partial charge on any atom is 0.267 e. The third kappa shape index (κ3) is 11.2.